The van der Waals surface area contributed by atoms with Crippen molar-refractivity contribution in [2.75, 3.05) is 0 Å². The predicted molar refractivity (Wildman–Crippen MR) is 84.7 cm³/mol. The number of aryl methyl sites for hydroxylation is 1. The first-order valence-electron chi connectivity index (χ1n) is 7.49. The molecule has 2 atom stereocenters. The van der Waals surface area contributed by atoms with Crippen LogP contribution in [-0.4, -0.2) is 26.3 Å². The molecule has 1 fully saturated rings. The molecule has 0 spiro atoms. The van der Waals surface area contributed by atoms with Crippen molar-refractivity contribution >= 4 is 28.8 Å². The van der Waals surface area contributed by atoms with Crippen molar-refractivity contribution in [1.29, 1.82) is 0 Å². The van der Waals surface area contributed by atoms with E-state index >= 15 is 0 Å². The zero-order valence-corrected chi connectivity index (χ0v) is 12.9. The Labute approximate surface area is 128 Å². The minimum absolute atomic E-state index is 0.117. The standard InChI is InChI=1S/C16H20N2O2S/c1-10-7-8-12-13(9-10)18-16(17-12)21-14-6-4-2-3-5-11(14)15(19)20/h7-9,11,14H,2-6H2,1H3,(H,17,18)(H,19,20). The zero-order valence-electron chi connectivity index (χ0n) is 12.1. The Morgan fingerprint density at radius 1 is 1.33 bits per heavy atom. The number of carbonyl (C=O) groups is 1. The number of imidazole rings is 1. The molecule has 112 valence electrons. The lowest BCUT2D eigenvalue weighted by Crippen LogP contribution is -2.24. The molecule has 3 rings (SSSR count). The number of benzene rings is 1. The van der Waals surface area contributed by atoms with Crippen LogP contribution < -0.4 is 0 Å². The molecule has 5 heteroatoms. The molecule has 0 saturated heterocycles. The maximum absolute atomic E-state index is 11.5. The number of nitrogens with zero attached hydrogens (tertiary/aromatic N) is 1. The van der Waals surface area contributed by atoms with Gasteiger partial charge in [-0.25, -0.2) is 4.98 Å². The average Bonchev–Trinajstić information content (AvgIpc) is 2.66. The van der Waals surface area contributed by atoms with E-state index in [9.17, 15) is 9.90 Å². The molecule has 0 amide bonds. The number of carboxylic acid groups (broad SMARTS) is 1. The molecule has 1 saturated carbocycles. The van der Waals surface area contributed by atoms with Gasteiger partial charge in [-0.15, -0.1) is 0 Å². The monoisotopic (exact) mass is 304 g/mol. The summed E-state index contributed by atoms with van der Waals surface area (Å²) in [6, 6.07) is 6.13. The van der Waals surface area contributed by atoms with Gasteiger partial charge in [0, 0.05) is 5.25 Å². The van der Waals surface area contributed by atoms with Crippen molar-refractivity contribution in [3.63, 3.8) is 0 Å². The first-order valence-corrected chi connectivity index (χ1v) is 8.37. The molecule has 0 aliphatic heterocycles. The number of aromatic amines is 1. The summed E-state index contributed by atoms with van der Waals surface area (Å²) >= 11 is 1.60. The van der Waals surface area contributed by atoms with Gasteiger partial charge < -0.3 is 10.1 Å². The van der Waals surface area contributed by atoms with Crippen LogP contribution >= 0.6 is 11.8 Å². The molecule has 1 aliphatic rings. The summed E-state index contributed by atoms with van der Waals surface area (Å²) in [6.45, 7) is 2.05. The van der Waals surface area contributed by atoms with Crippen LogP contribution in [0.4, 0.5) is 0 Å². The summed E-state index contributed by atoms with van der Waals surface area (Å²) in [4.78, 5) is 19.4. The molecule has 1 heterocycles. The topological polar surface area (TPSA) is 66.0 Å². The van der Waals surface area contributed by atoms with Crippen LogP contribution in [0.5, 0.6) is 0 Å². The second kappa shape index (κ2) is 6.10. The van der Waals surface area contributed by atoms with Gasteiger partial charge >= 0.3 is 5.97 Å². The van der Waals surface area contributed by atoms with Crippen LogP contribution in [0.1, 0.15) is 37.7 Å². The summed E-state index contributed by atoms with van der Waals surface area (Å²) < 4.78 is 0. The van der Waals surface area contributed by atoms with E-state index in [2.05, 4.69) is 23.0 Å². The van der Waals surface area contributed by atoms with Gasteiger partial charge in [0.2, 0.25) is 0 Å². The Bertz CT molecular complexity index is 653. The van der Waals surface area contributed by atoms with Crippen molar-refractivity contribution in [1.82, 2.24) is 9.97 Å². The molecule has 0 bridgehead atoms. The Hall–Kier alpha value is -1.49. The van der Waals surface area contributed by atoms with Gasteiger partial charge in [0.1, 0.15) is 0 Å². The summed E-state index contributed by atoms with van der Waals surface area (Å²) in [5.41, 5.74) is 3.17. The molecule has 1 aliphatic carbocycles. The van der Waals surface area contributed by atoms with E-state index in [1.807, 2.05) is 12.1 Å². The van der Waals surface area contributed by atoms with E-state index in [1.54, 1.807) is 11.8 Å². The van der Waals surface area contributed by atoms with Crippen LogP contribution in [0.2, 0.25) is 0 Å². The van der Waals surface area contributed by atoms with Crippen LogP contribution in [0, 0.1) is 12.8 Å². The molecule has 21 heavy (non-hydrogen) atoms. The first kappa shape index (κ1) is 14.4. The Balaban J connectivity index is 1.83. The molecule has 0 radical (unpaired) electrons. The van der Waals surface area contributed by atoms with Crippen LogP contribution in [0.3, 0.4) is 0 Å². The maximum atomic E-state index is 11.5. The van der Waals surface area contributed by atoms with Gasteiger partial charge in [-0.1, -0.05) is 37.1 Å². The molecular formula is C16H20N2O2S. The third-order valence-corrected chi connectivity index (χ3v) is 5.43. The lowest BCUT2D eigenvalue weighted by molar-refractivity contribution is -0.141. The van der Waals surface area contributed by atoms with Crippen molar-refractivity contribution in [2.45, 2.75) is 49.4 Å². The highest BCUT2D eigenvalue weighted by Crippen LogP contribution is 2.36. The Morgan fingerprint density at radius 3 is 2.95 bits per heavy atom. The number of hydrogen-bond acceptors (Lipinski definition) is 3. The fourth-order valence-electron chi connectivity index (χ4n) is 3.00. The molecular weight excluding hydrogens is 284 g/mol. The smallest absolute Gasteiger partial charge is 0.307 e. The number of rotatable bonds is 3. The fraction of sp³-hybridized carbons (Fsp3) is 0.500. The van der Waals surface area contributed by atoms with Gasteiger partial charge in [0.25, 0.3) is 0 Å². The van der Waals surface area contributed by atoms with E-state index < -0.39 is 5.97 Å². The van der Waals surface area contributed by atoms with E-state index in [0.717, 1.165) is 48.3 Å². The molecule has 2 N–H and O–H groups in total. The zero-order chi connectivity index (χ0) is 14.8. The third-order valence-electron chi connectivity index (χ3n) is 4.15. The number of H-pyrrole nitrogens is 1. The second-order valence-electron chi connectivity index (χ2n) is 5.80. The Morgan fingerprint density at radius 2 is 2.14 bits per heavy atom. The molecule has 1 aromatic heterocycles. The van der Waals surface area contributed by atoms with Gasteiger partial charge in [0.05, 0.1) is 17.0 Å². The van der Waals surface area contributed by atoms with E-state index in [1.165, 1.54) is 5.56 Å². The van der Waals surface area contributed by atoms with Crippen molar-refractivity contribution in [3.05, 3.63) is 23.8 Å². The summed E-state index contributed by atoms with van der Waals surface area (Å²) in [6.07, 6.45) is 5.01. The molecule has 1 aromatic carbocycles. The van der Waals surface area contributed by atoms with Crippen molar-refractivity contribution < 1.29 is 9.90 Å². The highest BCUT2D eigenvalue weighted by molar-refractivity contribution is 7.99. The van der Waals surface area contributed by atoms with Gasteiger partial charge in [-0.3, -0.25) is 4.79 Å². The largest absolute Gasteiger partial charge is 0.481 e. The normalized spacial score (nSPS) is 23.1. The van der Waals surface area contributed by atoms with Crippen LogP contribution in [-0.2, 0) is 4.79 Å². The SMILES string of the molecule is Cc1ccc2nc(SC3CCCCCC3C(=O)O)[nH]c2c1. The van der Waals surface area contributed by atoms with Gasteiger partial charge in [0.15, 0.2) is 5.16 Å². The van der Waals surface area contributed by atoms with E-state index in [4.69, 9.17) is 0 Å². The van der Waals surface area contributed by atoms with Crippen LogP contribution in [0.25, 0.3) is 11.0 Å². The maximum Gasteiger partial charge on any atom is 0.307 e. The van der Waals surface area contributed by atoms with E-state index in [0.29, 0.717) is 0 Å². The summed E-state index contributed by atoms with van der Waals surface area (Å²) in [7, 11) is 0. The average molecular weight is 304 g/mol. The number of thioether (sulfide) groups is 1. The number of fused-ring (bicyclic) bond motifs is 1. The minimum Gasteiger partial charge on any atom is -0.481 e. The number of aliphatic carboxylic acids is 1. The molecule has 2 aromatic rings. The Kier molecular flexibility index (Phi) is 4.19. The number of carboxylic acids is 1. The fourth-order valence-corrected chi connectivity index (χ4v) is 4.30. The third kappa shape index (κ3) is 3.23. The number of hydrogen-bond donors (Lipinski definition) is 2. The highest BCUT2D eigenvalue weighted by Gasteiger charge is 2.30. The lowest BCUT2D eigenvalue weighted by Gasteiger charge is -2.19. The summed E-state index contributed by atoms with van der Waals surface area (Å²) in [5.74, 6) is -0.922. The van der Waals surface area contributed by atoms with Crippen molar-refractivity contribution in [3.8, 4) is 0 Å². The molecule has 4 nitrogen and oxygen atoms in total. The van der Waals surface area contributed by atoms with Gasteiger partial charge in [-0.2, -0.15) is 0 Å². The van der Waals surface area contributed by atoms with E-state index in [-0.39, 0.29) is 11.2 Å². The number of nitrogens with one attached hydrogen (secondary N) is 1. The highest BCUT2D eigenvalue weighted by atomic mass is 32.2. The quantitative estimate of drug-likeness (QED) is 0.841. The first-order chi connectivity index (χ1) is 10.1. The molecule has 2 unspecified atom stereocenters. The number of aromatic nitrogens is 2. The van der Waals surface area contributed by atoms with Crippen LogP contribution in [0.15, 0.2) is 23.4 Å². The van der Waals surface area contributed by atoms with Gasteiger partial charge in [-0.05, 0) is 37.5 Å². The van der Waals surface area contributed by atoms with Crippen molar-refractivity contribution in [2.24, 2.45) is 5.92 Å². The second-order valence-corrected chi connectivity index (χ2v) is 7.03. The minimum atomic E-state index is -0.665. The summed E-state index contributed by atoms with van der Waals surface area (Å²) in [5, 5.41) is 10.4. The lowest BCUT2D eigenvalue weighted by atomic mass is 10.0. The predicted octanol–water partition coefficient (Wildman–Crippen LogP) is 4.00.